The second-order valence-corrected chi connectivity index (χ2v) is 0.408. The summed E-state index contributed by atoms with van der Waals surface area (Å²) in [6.45, 7) is 0. The summed E-state index contributed by atoms with van der Waals surface area (Å²) in [6.07, 6.45) is 0. The molecular formula is C2H6BiO. The first kappa shape index (κ1) is 8.85. The molecule has 0 spiro atoms. The van der Waals surface area contributed by atoms with Crippen LogP contribution in [0.3, 0.4) is 0 Å². The van der Waals surface area contributed by atoms with Gasteiger partial charge in [-0.3, -0.25) is 0 Å². The predicted octanol–water partition coefficient (Wildman–Crippen LogP) is -0.118. The second-order valence-electron chi connectivity index (χ2n) is 0.408. The molecule has 0 fully saturated rings. The molecule has 0 aliphatic heterocycles. The third kappa shape index (κ3) is 13.6. The largest absolute Gasteiger partial charge is 0.388 e. The Balaban J connectivity index is 0. The van der Waals surface area contributed by atoms with Gasteiger partial charge in [-0.1, -0.05) is 0 Å². The van der Waals surface area contributed by atoms with Crippen LogP contribution in [0.4, 0.5) is 0 Å². The molecule has 0 saturated heterocycles. The van der Waals surface area contributed by atoms with Gasteiger partial charge in [0.2, 0.25) is 0 Å². The third-order valence-electron chi connectivity index (χ3n) is 0. The van der Waals surface area contributed by atoms with Crippen LogP contribution in [-0.2, 0) is 4.74 Å². The Morgan fingerprint density at radius 2 is 1.25 bits per heavy atom. The van der Waals surface area contributed by atoms with E-state index in [4.69, 9.17) is 0 Å². The number of rotatable bonds is 0. The minimum atomic E-state index is 0. The molecule has 0 aromatic rings. The van der Waals surface area contributed by atoms with Gasteiger partial charge in [0, 0.05) is 40.4 Å². The molecule has 0 heterocycles. The second kappa shape index (κ2) is 9.14. The van der Waals surface area contributed by atoms with Gasteiger partial charge in [0.15, 0.2) is 0 Å². The molecular weight excluding hydrogens is 249 g/mol. The van der Waals surface area contributed by atoms with E-state index in [0.29, 0.717) is 0 Å². The molecule has 25 valence electrons. The van der Waals surface area contributed by atoms with Crippen molar-refractivity contribution in [3.63, 3.8) is 0 Å². The first-order valence-corrected chi connectivity index (χ1v) is 0.816. The molecule has 0 amide bonds. The van der Waals surface area contributed by atoms with Crippen molar-refractivity contribution < 1.29 is 4.74 Å². The Labute approximate surface area is 45.5 Å². The van der Waals surface area contributed by atoms with Gasteiger partial charge in [-0.2, -0.15) is 0 Å². The standard InChI is InChI=1S/C2H6O.Bi/c1-3-2;/h1-2H3;. The van der Waals surface area contributed by atoms with Crippen LogP contribution in [0.25, 0.3) is 0 Å². The summed E-state index contributed by atoms with van der Waals surface area (Å²) in [4.78, 5) is 0. The zero-order valence-electron chi connectivity index (χ0n) is 2.86. The van der Waals surface area contributed by atoms with E-state index in [1.165, 1.54) is 0 Å². The van der Waals surface area contributed by atoms with Crippen molar-refractivity contribution in [3.8, 4) is 0 Å². The van der Waals surface area contributed by atoms with Crippen molar-refractivity contribution in [3.05, 3.63) is 0 Å². The first-order chi connectivity index (χ1) is 1.41. The van der Waals surface area contributed by atoms with E-state index in [0.717, 1.165) is 0 Å². The number of methoxy groups -OCH3 is 1. The summed E-state index contributed by atoms with van der Waals surface area (Å²) >= 11 is 0. The van der Waals surface area contributed by atoms with Gasteiger partial charge in [-0.05, 0) is 0 Å². The molecule has 0 rings (SSSR count). The molecule has 0 unspecified atom stereocenters. The molecule has 0 aliphatic carbocycles. The first-order valence-electron chi connectivity index (χ1n) is 0.816. The minimum Gasteiger partial charge on any atom is -0.388 e. The Morgan fingerprint density at radius 3 is 1.25 bits per heavy atom. The summed E-state index contributed by atoms with van der Waals surface area (Å²) in [5.41, 5.74) is 0. The quantitative estimate of drug-likeness (QED) is 0.548. The zero-order chi connectivity index (χ0) is 2.71. The van der Waals surface area contributed by atoms with Gasteiger partial charge in [0.25, 0.3) is 0 Å². The molecule has 0 bridgehead atoms. The molecule has 0 aromatic carbocycles. The fourth-order valence-corrected chi connectivity index (χ4v) is 0. The van der Waals surface area contributed by atoms with Crippen molar-refractivity contribution in [2.75, 3.05) is 14.2 Å². The molecule has 0 aliphatic rings. The van der Waals surface area contributed by atoms with Gasteiger partial charge in [0.1, 0.15) is 0 Å². The van der Waals surface area contributed by atoms with Crippen molar-refractivity contribution in [1.29, 1.82) is 0 Å². The van der Waals surface area contributed by atoms with E-state index in [2.05, 4.69) is 4.74 Å². The van der Waals surface area contributed by atoms with Crippen molar-refractivity contribution in [1.82, 2.24) is 0 Å². The molecule has 1 nitrogen and oxygen atoms in total. The molecule has 0 aromatic heterocycles. The normalized spacial score (nSPS) is 4.50. The predicted molar refractivity (Wildman–Crippen MR) is 18.7 cm³/mol. The van der Waals surface area contributed by atoms with E-state index < -0.39 is 0 Å². The van der Waals surface area contributed by atoms with Gasteiger partial charge < -0.3 is 4.74 Å². The van der Waals surface area contributed by atoms with Crippen molar-refractivity contribution >= 4 is 26.2 Å². The third-order valence-corrected chi connectivity index (χ3v) is 0. The van der Waals surface area contributed by atoms with Gasteiger partial charge in [-0.25, -0.2) is 0 Å². The number of ether oxygens (including phenoxy) is 1. The van der Waals surface area contributed by atoms with Crippen LogP contribution in [0.2, 0.25) is 0 Å². The van der Waals surface area contributed by atoms with E-state index in [9.17, 15) is 0 Å². The average molecular weight is 255 g/mol. The molecule has 4 heavy (non-hydrogen) atoms. The topological polar surface area (TPSA) is 9.23 Å². The van der Waals surface area contributed by atoms with Crippen LogP contribution >= 0.6 is 0 Å². The van der Waals surface area contributed by atoms with Crippen LogP contribution in [-0.4, -0.2) is 40.4 Å². The summed E-state index contributed by atoms with van der Waals surface area (Å²) in [5, 5.41) is 0. The van der Waals surface area contributed by atoms with Crippen LogP contribution in [0.1, 0.15) is 0 Å². The van der Waals surface area contributed by atoms with Crippen LogP contribution in [0.5, 0.6) is 0 Å². The maximum Gasteiger partial charge on any atom is 0.0351 e. The Hall–Kier alpha value is 0.843. The molecule has 0 atom stereocenters. The average Bonchev–Trinajstić information content (AvgIpc) is 0.918. The number of hydrogen-bond donors (Lipinski definition) is 0. The van der Waals surface area contributed by atoms with Crippen molar-refractivity contribution in [2.45, 2.75) is 0 Å². The zero-order valence-corrected chi connectivity index (χ0v) is 6.33. The Bertz CT molecular complexity index is 6.00. The van der Waals surface area contributed by atoms with Crippen LogP contribution in [0, 0.1) is 0 Å². The molecule has 0 saturated carbocycles. The van der Waals surface area contributed by atoms with E-state index >= 15 is 0 Å². The summed E-state index contributed by atoms with van der Waals surface area (Å²) < 4.78 is 4.25. The van der Waals surface area contributed by atoms with Crippen molar-refractivity contribution in [2.24, 2.45) is 0 Å². The number of hydrogen-bond acceptors (Lipinski definition) is 1. The van der Waals surface area contributed by atoms with E-state index in [1.807, 2.05) is 0 Å². The summed E-state index contributed by atoms with van der Waals surface area (Å²) in [7, 11) is 3.25. The SMILES string of the molecule is COC.[Bi]. The van der Waals surface area contributed by atoms with E-state index in [1.54, 1.807) is 14.2 Å². The summed E-state index contributed by atoms with van der Waals surface area (Å²) in [5.74, 6) is 0. The summed E-state index contributed by atoms with van der Waals surface area (Å²) in [6, 6.07) is 0. The maximum atomic E-state index is 4.25. The fraction of sp³-hybridized carbons (Fsp3) is 1.00. The monoisotopic (exact) mass is 255 g/mol. The maximum absolute atomic E-state index is 4.25. The Morgan fingerprint density at radius 1 is 1.25 bits per heavy atom. The fourth-order valence-electron chi connectivity index (χ4n) is 0. The van der Waals surface area contributed by atoms with Gasteiger partial charge in [0.05, 0.1) is 0 Å². The smallest absolute Gasteiger partial charge is 0.0351 e. The van der Waals surface area contributed by atoms with Gasteiger partial charge >= 0.3 is 0 Å². The Kier molecular flexibility index (Phi) is 20.2. The van der Waals surface area contributed by atoms with Gasteiger partial charge in [-0.15, -0.1) is 0 Å². The van der Waals surface area contributed by atoms with Crippen LogP contribution in [0.15, 0.2) is 0 Å². The molecule has 2 heteroatoms. The van der Waals surface area contributed by atoms with Crippen LogP contribution < -0.4 is 0 Å². The molecule has 0 N–H and O–H groups in total. The van der Waals surface area contributed by atoms with E-state index in [-0.39, 0.29) is 26.2 Å². The molecule has 3 radical (unpaired) electrons. The minimum absolute atomic E-state index is 0.